The van der Waals surface area contributed by atoms with Crippen molar-refractivity contribution in [3.05, 3.63) is 22.8 Å². The summed E-state index contributed by atoms with van der Waals surface area (Å²) < 4.78 is 5.50. The van der Waals surface area contributed by atoms with Gasteiger partial charge in [0, 0.05) is 19.3 Å². The van der Waals surface area contributed by atoms with Crippen LogP contribution < -0.4 is 10.6 Å². The highest BCUT2D eigenvalue weighted by atomic mass is 35.5. The lowest BCUT2D eigenvalue weighted by atomic mass is 10.2. The molecule has 6 heteroatoms. The first kappa shape index (κ1) is 13.5. The van der Waals surface area contributed by atoms with Crippen LogP contribution in [0.3, 0.4) is 0 Å². The second-order valence-electron chi connectivity index (χ2n) is 4.31. The van der Waals surface area contributed by atoms with E-state index in [0.29, 0.717) is 16.0 Å². The highest BCUT2D eigenvalue weighted by molar-refractivity contribution is 7.80. The predicted octanol–water partition coefficient (Wildman–Crippen LogP) is 2.51. The molecule has 0 aromatic carbocycles. The third-order valence-corrected chi connectivity index (χ3v) is 3.26. The second-order valence-corrected chi connectivity index (χ2v) is 5.13. The van der Waals surface area contributed by atoms with Gasteiger partial charge in [-0.25, -0.2) is 4.98 Å². The Balaban J connectivity index is 1.82. The highest BCUT2D eigenvalue weighted by Crippen LogP contribution is 2.19. The molecule has 1 atom stereocenters. The molecule has 1 aliphatic heterocycles. The van der Waals surface area contributed by atoms with Gasteiger partial charge in [-0.3, -0.25) is 0 Å². The van der Waals surface area contributed by atoms with Crippen LogP contribution in [0.25, 0.3) is 0 Å². The average Bonchev–Trinajstić information content (AvgIpc) is 2.83. The Kier molecular flexibility index (Phi) is 4.74. The van der Waals surface area contributed by atoms with E-state index in [1.54, 1.807) is 6.20 Å². The lowest BCUT2D eigenvalue weighted by molar-refractivity contribution is 0.114. The van der Waals surface area contributed by atoms with E-state index in [9.17, 15) is 0 Å². The number of rotatable bonds is 3. The number of pyridine rings is 1. The molecule has 0 saturated carbocycles. The predicted molar refractivity (Wildman–Crippen MR) is 77.2 cm³/mol. The maximum absolute atomic E-state index is 6.06. The monoisotopic (exact) mass is 285 g/mol. The first-order chi connectivity index (χ1) is 8.65. The summed E-state index contributed by atoms with van der Waals surface area (Å²) in [5, 5.41) is 7.18. The fraction of sp³-hybridized carbons (Fsp3) is 0.500. The van der Waals surface area contributed by atoms with E-state index in [1.165, 1.54) is 0 Å². The molecule has 2 N–H and O–H groups in total. The van der Waals surface area contributed by atoms with Crippen LogP contribution >= 0.6 is 23.8 Å². The van der Waals surface area contributed by atoms with E-state index < -0.39 is 0 Å². The second kappa shape index (κ2) is 6.31. The number of hydrogen-bond acceptors (Lipinski definition) is 3. The first-order valence-electron chi connectivity index (χ1n) is 5.94. The van der Waals surface area contributed by atoms with E-state index in [2.05, 4.69) is 15.6 Å². The number of ether oxygens (including phenoxy) is 1. The number of halogens is 1. The molecule has 18 heavy (non-hydrogen) atoms. The number of nitrogens with one attached hydrogen (secondary N) is 2. The number of thiocarbonyl (C=S) groups is 1. The minimum absolute atomic E-state index is 0.256. The fourth-order valence-electron chi connectivity index (χ4n) is 1.79. The molecule has 2 heterocycles. The van der Waals surface area contributed by atoms with E-state index in [1.807, 2.05) is 13.0 Å². The van der Waals surface area contributed by atoms with E-state index >= 15 is 0 Å². The molecule has 1 unspecified atom stereocenters. The summed E-state index contributed by atoms with van der Waals surface area (Å²) in [6, 6.07) is 1.85. The Bertz CT molecular complexity index is 435. The van der Waals surface area contributed by atoms with Crippen LogP contribution in [0.5, 0.6) is 0 Å². The van der Waals surface area contributed by atoms with Crippen LogP contribution in [0, 0.1) is 6.92 Å². The lowest BCUT2D eigenvalue weighted by Crippen LogP contribution is -2.35. The van der Waals surface area contributed by atoms with Gasteiger partial charge < -0.3 is 15.4 Å². The molecule has 0 radical (unpaired) electrons. The molecule has 1 aromatic heterocycles. The fourth-order valence-corrected chi connectivity index (χ4v) is 2.24. The van der Waals surface area contributed by atoms with Crippen LogP contribution in [0.1, 0.15) is 18.4 Å². The summed E-state index contributed by atoms with van der Waals surface area (Å²) >= 11 is 11.3. The third kappa shape index (κ3) is 3.80. The minimum Gasteiger partial charge on any atom is -0.376 e. The van der Waals surface area contributed by atoms with Crippen molar-refractivity contribution < 1.29 is 4.74 Å². The number of aromatic nitrogens is 1. The van der Waals surface area contributed by atoms with Gasteiger partial charge in [0.25, 0.3) is 0 Å². The van der Waals surface area contributed by atoms with Gasteiger partial charge in [0.15, 0.2) is 10.9 Å². The Morgan fingerprint density at radius 1 is 1.67 bits per heavy atom. The normalized spacial score (nSPS) is 18.7. The zero-order chi connectivity index (χ0) is 13.0. The lowest BCUT2D eigenvalue weighted by Gasteiger charge is -2.14. The maximum Gasteiger partial charge on any atom is 0.172 e. The molecule has 1 aromatic rings. The van der Waals surface area contributed by atoms with Crippen molar-refractivity contribution in [1.29, 1.82) is 0 Å². The topological polar surface area (TPSA) is 46.2 Å². The Morgan fingerprint density at radius 3 is 3.17 bits per heavy atom. The number of hydrogen-bond donors (Lipinski definition) is 2. The van der Waals surface area contributed by atoms with Crippen molar-refractivity contribution in [2.24, 2.45) is 0 Å². The van der Waals surface area contributed by atoms with E-state index in [4.69, 9.17) is 28.6 Å². The largest absolute Gasteiger partial charge is 0.376 e. The summed E-state index contributed by atoms with van der Waals surface area (Å²) in [5.74, 6) is 0.576. The molecule has 1 fully saturated rings. The molecule has 2 rings (SSSR count). The van der Waals surface area contributed by atoms with Gasteiger partial charge in [0.05, 0.1) is 11.1 Å². The summed E-state index contributed by atoms with van der Waals surface area (Å²) in [5.41, 5.74) is 1.02. The average molecular weight is 286 g/mol. The SMILES string of the molecule is Cc1cnc(NC(=S)NCC2CCCO2)c(Cl)c1. The van der Waals surface area contributed by atoms with Crippen LogP contribution in [0.2, 0.25) is 5.02 Å². The summed E-state index contributed by atoms with van der Waals surface area (Å²) in [6.07, 6.45) is 4.21. The van der Waals surface area contributed by atoms with Crippen LogP contribution in [0.15, 0.2) is 12.3 Å². The molecule has 0 amide bonds. The molecular formula is C12H16ClN3OS. The van der Waals surface area contributed by atoms with Gasteiger partial charge in [-0.15, -0.1) is 0 Å². The zero-order valence-corrected chi connectivity index (χ0v) is 11.8. The van der Waals surface area contributed by atoms with Crippen molar-refractivity contribution in [2.45, 2.75) is 25.9 Å². The number of anilines is 1. The molecule has 98 valence electrons. The highest BCUT2D eigenvalue weighted by Gasteiger charge is 2.15. The zero-order valence-electron chi connectivity index (χ0n) is 10.2. The van der Waals surface area contributed by atoms with E-state index in [-0.39, 0.29) is 6.10 Å². The van der Waals surface area contributed by atoms with Gasteiger partial charge in [-0.2, -0.15) is 0 Å². The van der Waals surface area contributed by atoms with Crippen LogP contribution in [0.4, 0.5) is 5.82 Å². The standard InChI is InChI=1S/C12H16ClN3OS/c1-8-5-10(13)11(14-6-8)16-12(18)15-7-9-3-2-4-17-9/h5-6,9H,2-4,7H2,1H3,(H2,14,15,16,18). The molecular weight excluding hydrogens is 270 g/mol. The van der Waals surface area contributed by atoms with Gasteiger partial charge in [-0.05, 0) is 43.6 Å². The molecule has 0 aliphatic carbocycles. The molecule has 0 bridgehead atoms. The van der Waals surface area contributed by atoms with Crippen LogP contribution in [-0.4, -0.2) is 29.4 Å². The summed E-state index contributed by atoms with van der Waals surface area (Å²) in [4.78, 5) is 4.20. The van der Waals surface area contributed by atoms with Crippen LogP contribution in [-0.2, 0) is 4.74 Å². The number of aryl methyl sites for hydroxylation is 1. The Hall–Kier alpha value is -0.910. The minimum atomic E-state index is 0.256. The smallest absolute Gasteiger partial charge is 0.172 e. The van der Waals surface area contributed by atoms with E-state index in [0.717, 1.165) is 31.6 Å². The first-order valence-corrected chi connectivity index (χ1v) is 6.72. The number of nitrogens with zero attached hydrogens (tertiary/aromatic N) is 1. The summed E-state index contributed by atoms with van der Waals surface area (Å²) in [6.45, 7) is 3.50. The Morgan fingerprint density at radius 2 is 2.50 bits per heavy atom. The molecule has 0 spiro atoms. The van der Waals surface area contributed by atoms with Crippen molar-refractivity contribution in [2.75, 3.05) is 18.5 Å². The van der Waals surface area contributed by atoms with Gasteiger partial charge in [-0.1, -0.05) is 11.6 Å². The molecule has 4 nitrogen and oxygen atoms in total. The van der Waals surface area contributed by atoms with Gasteiger partial charge >= 0.3 is 0 Å². The third-order valence-electron chi connectivity index (χ3n) is 2.72. The summed E-state index contributed by atoms with van der Waals surface area (Å²) in [7, 11) is 0. The van der Waals surface area contributed by atoms with Crippen molar-refractivity contribution in [3.63, 3.8) is 0 Å². The molecule has 1 saturated heterocycles. The van der Waals surface area contributed by atoms with Crippen molar-refractivity contribution in [3.8, 4) is 0 Å². The van der Waals surface area contributed by atoms with Gasteiger partial charge in [0.2, 0.25) is 0 Å². The van der Waals surface area contributed by atoms with Gasteiger partial charge in [0.1, 0.15) is 0 Å². The van der Waals surface area contributed by atoms with Crippen molar-refractivity contribution >= 4 is 34.7 Å². The quantitative estimate of drug-likeness (QED) is 0.836. The van der Waals surface area contributed by atoms with Crippen molar-refractivity contribution in [1.82, 2.24) is 10.3 Å². The molecule has 1 aliphatic rings. The maximum atomic E-state index is 6.06. The Labute approximate surface area is 117 Å².